The predicted octanol–water partition coefficient (Wildman–Crippen LogP) is 1.84. The van der Waals surface area contributed by atoms with Gasteiger partial charge in [-0.2, -0.15) is 0 Å². The summed E-state index contributed by atoms with van der Waals surface area (Å²) >= 11 is 0. The van der Waals surface area contributed by atoms with Crippen molar-refractivity contribution >= 4 is 11.8 Å². The Labute approximate surface area is 191 Å². The minimum atomic E-state index is -0.267. The highest BCUT2D eigenvalue weighted by molar-refractivity contribution is 5.78. The zero-order valence-electron chi connectivity index (χ0n) is 19.8. The van der Waals surface area contributed by atoms with Gasteiger partial charge in [-0.05, 0) is 26.2 Å². The molecule has 0 saturated heterocycles. The summed E-state index contributed by atoms with van der Waals surface area (Å²) < 4.78 is 8.11. The summed E-state index contributed by atoms with van der Waals surface area (Å²) in [5, 5.41) is 17.8. The number of fused-ring (bicyclic) bond motifs is 1. The molecule has 1 fully saturated rings. The highest BCUT2D eigenvalue weighted by Crippen LogP contribution is 2.26. The lowest BCUT2D eigenvalue weighted by Crippen LogP contribution is -2.48. The standard InChI is InChI=1S/C23H39N5O4/c1-17-13-27(18(2)15-29)22(30)10-7-11-28-20(12-24-25-28)16-32-21(17)14-26(3)23(31)19-8-5-4-6-9-19/h12,17-19,21,29H,4-11,13-16H2,1-3H3/t17-,18+,21+/m0/s1. The van der Waals surface area contributed by atoms with Gasteiger partial charge in [-0.3, -0.25) is 9.59 Å². The maximum absolute atomic E-state index is 13.0. The summed E-state index contributed by atoms with van der Waals surface area (Å²) in [5.41, 5.74) is 0.872. The van der Waals surface area contributed by atoms with Gasteiger partial charge < -0.3 is 19.6 Å². The van der Waals surface area contributed by atoms with Gasteiger partial charge in [0, 0.05) is 44.9 Å². The van der Waals surface area contributed by atoms with Gasteiger partial charge in [-0.15, -0.1) is 5.10 Å². The van der Waals surface area contributed by atoms with Crippen LogP contribution >= 0.6 is 0 Å². The smallest absolute Gasteiger partial charge is 0.225 e. The molecule has 1 saturated carbocycles. The molecular weight excluding hydrogens is 410 g/mol. The van der Waals surface area contributed by atoms with Crippen LogP contribution in [0.25, 0.3) is 0 Å². The van der Waals surface area contributed by atoms with E-state index in [-0.39, 0.29) is 42.4 Å². The van der Waals surface area contributed by atoms with Crippen LogP contribution < -0.4 is 0 Å². The van der Waals surface area contributed by atoms with Crippen LogP contribution in [-0.2, 0) is 27.5 Å². The monoisotopic (exact) mass is 449 g/mol. The molecule has 0 bridgehead atoms. The van der Waals surface area contributed by atoms with Gasteiger partial charge in [0.2, 0.25) is 11.8 Å². The Morgan fingerprint density at radius 1 is 1.31 bits per heavy atom. The topological polar surface area (TPSA) is 101 Å². The molecule has 32 heavy (non-hydrogen) atoms. The Kier molecular flexibility index (Phi) is 9.04. The van der Waals surface area contributed by atoms with Gasteiger partial charge in [0.05, 0.1) is 37.3 Å². The number of aliphatic hydroxyl groups excluding tert-OH is 1. The summed E-state index contributed by atoms with van der Waals surface area (Å²) in [6, 6.07) is -0.267. The minimum Gasteiger partial charge on any atom is -0.394 e. The fourth-order valence-electron chi connectivity index (χ4n) is 4.77. The zero-order valence-corrected chi connectivity index (χ0v) is 19.8. The second-order valence-electron chi connectivity index (χ2n) is 9.51. The van der Waals surface area contributed by atoms with Crippen molar-refractivity contribution < 1.29 is 19.4 Å². The molecule has 3 atom stereocenters. The van der Waals surface area contributed by atoms with Crippen molar-refractivity contribution in [1.82, 2.24) is 24.8 Å². The molecule has 0 radical (unpaired) electrons. The normalized spacial score (nSPS) is 24.9. The summed E-state index contributed by atoms with van der Waals surface area (Å²) in [6.45, 7) is 5.72. The molecule has 9 nitrogen and oxygen atoms in total. The first kappa shape index (κ1) is 24.6. The Bertz CT molecular complexity index is 749. The SMILES string of the molecule is C[C@H](CO)N1C[C@H](C)[C@@H](CN(C)C(=O)C2CCCCC2)OCc2cnnn2CCCC1=O. The number of carbonyl (C=O) groups is 2. The van der Waals surface area contributed by atoms with Gasteiger partial charge in [0.1, 0.15) is 0 Å². The highest BCUT2D eigenvalue weighted by Gasteiger charge is 2.31. The fourth-order valence-corrected chi connectivity index (χ4v) is 4.77. The number of aliphatic hydroxyl groups is 1. The third-order valence-electron chi connectivity index (χ3n) is 6.92. The maximum Gasteiger partial charge on any atom is 0.225 e. The zero-order chi connectivity index (χ0) is 23.1. The molecule has 1 aromatic heterocycles. The Hall–Kier alpha value is -2.00. The number of likely N-dealkylation sites (N-methyl/N-ethyl adjacent to an activating group) is 1. The summed E-state index contributed by atoms with van der Waals surface area (Å²) in [4.78, 5) is 29.5. The Balaban J connectivity index is 1.77. The van der Waals surface area contributed by atoms with Crippen LogP contribution in [0.1, 0.15) is 64.5 Å². The third-order valence-corrected chi connectivity index (χ3v) is 6.92. The number of hydrogen-bond acceptors (Lipinski definition) is 6. The van der Waals surface area contributed by atoms with E-state index in [0.717, 1.165) is 31.4 Å². The van der Waals surface area contributed by atoms with Crippen LogP contribution in [0, 0.1) is 11.8 Å². The van der Waals surface area contributed by atoms with Crippen molar-refractivity contribution in [1.29, 1.82) is 0 Å². The van der Waals surface area contributed by atoms with Crippen LogP contribution in [0.2, 0.25) is 0 Å². The highest BCUT2D eigenvalue weighted by atomic mass is 16.5. The number of nitrogens with zero attached hydrogens (tertiary/aromatic N) is 5. The maximum atomic E-state index is 13.0. The number of rotatable bonds is 5. The predicted molar refractivity (Wildman–Crippen MR) is 119 cm³/mol. The van der Waals surface area contributed by atoms with Crippen molar-refractivity contribution in [2.75, 3.05) is 26.7 Å². The van der Waals surface area contributed by atoms with Crippen LogP contribution in [0.5, 0.6) is 0 Å². The number of hydrogen-bond donors (Lipinski definition) is 1. The molecule has 1 aromatic rings. The molecule has 0 spiro atoms. The summed E-state index contributed by atoms with van der Waals surface area (Å²) in [7, 11) is 1.86. The van der Waals surface area contributed by atoms with Crippen LogP contribution in [0.4, 0.5) is 0 Å². The number of amides is 2. The minimum absolute atomic E-state index is 0.0155. The molecule has 3 rings (SSSR count). The molecule has 2 aliphatic rings. The lowest BCUT2D eigenvalue weighted by atomic mass is 9.88. The molecule has 1 aliphatic carbocycles. The van der Waals surface area contributed by atoms with Crippen molar-refractivity contribution in [3.05, 3.63) is 11.9 Å². The first-order chi connectivity index (χ1) is 15.4. The van der Waals surface area contributed by atoms with Crippen LogP contribution in [0.3, 0.4) is 0 Å². The average Bonchev–Trinajstić information content (AvgIpc) is 3.25. The Morgan fingerprint density at radius 2 is 2.06 bits per heavy atom. The number of ether oxygens (including phenoxy) is 1. The number of carbonyl (C=O) groups excluding carboxylic acids is 2. The second-order valence-corrected chi connectivity index (χ2v) is 9.51. The van der Waals surface area contributed by atoms with E-state index < -0.39 is 0 Å². The van der Waals surface area contributed by atoms with E-state index in [0.29, 0.717) is 39.1 Å². The van der Waals surface area contributed by atoms with E-state index in [9.17, 15) is 14.7 Å². The average molecular weight is 450 g/mol. The number of aryl methyl sites for hydroxylation is 1. The van der Waals surface area contributed by atoms with E-state index >= 15 is 0 Å². The van der Waals surface area contributed by atoms with Gasteiger partial charge in [-0.25, -0.2) is 4.68 Å². The van der Waals surface area contributed by atoms with Crippen molar-refractivity contribution in [3.8, 4) is 0 Å². The summed E-state index contributed by atoms with van der Waals surface area (Å²) in [5.74, 6) is 0.299. The Morgan fingerprint density at radius 3 is 2.78 bits per heavy atom. The lowest BCUT2D eigenvalue weighted by Gasteiger charge is -2.36. The third kappa shape index (κ3) is 6.28. The molecule has 0 aromatic carbocycles. The van der Waals surface area contributed by atoms with Crippen LogP contribution in [0.15, 0.2) is 6.20 Å². The fraction of sp³-hybridized carbons (Fsp3) is 0.826. The molecule has 9 heteroatoms. The van der Waals surface area contributed by atoms with Gasteiger partial charge in [0.15, 0.2) is 0 Å². The van der Waals surface area contributed by atoms with Gasteiger partial charge in [-0.1, -0.05) is 31.4 Å². The van der Waals surface area contributed by atoms with E-state index in [4.69, 9.17) is 4.74 Å². The molecule has 1 aliphatic heterocycles. The van der Waals surface area contributed by atoms with Crippen molar-refractivity contribution in [3.63, 3.8) is 0 Å². The van der Waals surface area contributed by atoms with Gasteiger partial charge in [0.25, 0.3) is 0 Å². The first-order valence-corrected chi connectivity index (χ1v) is 12.0. The quantitative estimate of drug-likeness (QED) is 0.736. The van der Waals surface area contributed by atoms with Gasteiger partial charge >= 0.3 is 0 Å². The second kappa shape index (κ2) is 11.7. The largest absolute Gasteiger partial charge is 0.394 e. The molecule has 180 valence electrons. The molecule has 2 heterocycles. The molecular formula is C23H39N5O4. The molecule has 0 unspecified atom stereocenters. The summed E-state index contributed by atoms with van der Waals surface area (Å²) in [6.07, 6.45) is 7.87. The van der Waals surface area contributed by atoms with Crippen molar-refractivity contribution in [2.45, 2.75) is 84.1 Å². The van der Waals surface area contributed by atoms with Crippen molar-refractivity contribution in [2.24, 2.45) is 11.8 Å². The molecule has 2 amide bonds. The van der Waals surface area contributed by atoms with E-state index in [2.05, 4.69) is 17.2 Å². The van der Waals surface area contributed by atoms with E-state index in [1.54, 1.807) is 20.7 Å². The molecule has 1 N–H and O–H groups in total. The lowest BCUT2D eigenvalue weighted by molar-refractivity contribution is -0.140. The van der Waals surface area contributed by atoms with Crippen LogP contribution in [-0.4, -0.2) is 80.6 Å². The first-order valence-electron chi connectivity index (χ1n) is 12.0. The van der Waals surface area contributed by atoms with E-state index in [1.165, 1.54) is 6.42 Å². The van der Waals surface area contributed by atoms with E-state index in [1.807, 2.05) is 14.0 Å². The number of aromatic nitrogens is 3.